The zero-order valence-electron chi connectivity index (χ0n) is 8.04. The van der Waals surface area contributed by atoms with Gasteiger partial charge in [0.25, 0.3) is 0 Å². The van der Waals surface area contributed by atoms with E-state index >= 15 is 0 Å². The van der Waals surface area contributed by atoms with Gasteiger partial charge in [-0.15, -0.1) is 0 Å². The molecule has 0 spiro atoms. The van der Waals surface area contributed by atoms with Gasteiger partial charge in [0.1, 0.15) is 0 Å². The molecular weight excluding hydrogens is 188 g/mol. The minimum absolute atomic E-state index is 0.0303. The zero-order chi connectivity index (χ0) is 9.95. The Balaban J connectivity index is 2.56. The van der Waals surface area contributed by atoms with Crippen molar-refractivity contribution in [2.24, 2.45) is 5.73 Å². The summed E-state index contributed by atoms with van der Waals surface area (Å²) in [6.45, 7) is 2.15. The molecule has 1 aliphatic rings. The van der Waals surface area contributed by atoms with Crippen molar-refractivity contribution in [3.05, 3.63) is 0 Å². The smallest absolute Gasteiger partial charge is 0.213 e. The molecule has 1 aliphatic carbocycles. The van der Waals surface area contributed by atoms with Crippen molar-refractivity contribution in [3.8, 4) is 0 Å². The summed E-state index contributed by atoms with van der Waals surface area (Å²) in [7, 11) is -3.15. The molecule has 0 aromatic heterocycles. The second-order valence-corrected chi connectivity index (χ2v) is 5.82. The van der Waals surface area contributed by atoms with Crippen LogP contribution in [-0.4, -0.2) is 26.3 Å². The first kappa shape index (κ1) is 10.9. The standard InChI is InChI=1S/C8H18N2O2S/c1-8(4-2-3-5-8)10-13(11,12)7-6-9/h10H,2-7,9H2,1H3. The summed E-state index contributed by atoms with van der Waals surface area (Å²) in [5.41, 5.74) is 5.00. The van der Waals surface area contributed by atoms with Crippen LogP contribution in [0.1, 0.15) is 32.6 Å². The van der Waals surface area contributed by atoms with Gasteiger partial charge in [0.05, 0.1) is 5.75 Å². The molecule has 13 heavy (non-hydrogen) atoms. The molecule has 0 aromatic carbocycles. The molecule has 0 amide bonds. The summed E-state index contributed by atoms with van der Waals surface area (Å²) in [4.78, 5) is 0. The van der Waals surface area contributed by atoms with Gasteiger partial charge >= 0.3 is 0 Å². The SMILES string of the molecule is CC1(NS(=O)(=O)CCN)CCCC1. The molecule has 1 fully saturated rings. The van der Waals surface area contributed by atoms with Crippen LogP contribution in [0.5, 0.6) is 0 Å². The van der Waals surface area contributed by atoms with Crippen molar-refractivity contribution in [1.29, 1.82) is 0 Å². The summed E-state index contributed by atoms with van der Waals surface area (Å²) < 4.78 is 25.5. The van der Waals surface area contributed by atoms with Crippen LogP contribution >= 0.6 is 0 Å². The summed E-state index contributed by atoms with van der Waals surface area (Å²) in [5.74, 6) is 0.0303. The molecule has 0 unspecified atom stereocenters. The van der Waals surface area contributed by atoms with Crippen LogP contribution in [0.15, 0.2) is 0 Å². The quantitative estimate of drug-likeness (QED) is 0.690. The maximum Gasteiger partial charge on any atom is 0.213 e. The van der Waals surface area contributed by atoms with Crippen LogP contribution in [0.2, 0.25) is 0 Å². The molecule has 1 saturated carbocycles. The minimum Gasteiger partial charge on any atom is -0.329 e. The van der Waals surface area contributed by atoms with Crippen LogP contribution in [0.25, 0.3) is 0 Å². The van der Waals surface area contributed by atoms with Crippen molar-refractivity contribution < 1.29 is 8.42 Å². The third-order valence-electron chi connectivity index (χ3n) is 2.50. The van der Waals surface area contributed by atoms with E-state index in [0.29, 0.717) is 0 Å². The van der Waals surface area contributed by atoms with Crippen LogP contribution < -0.4 is 10.5 Å². The highest BCUT2D eigenvalue weighted by Crippen LogP contribution is 2.29. The zero-order valence-corrected chi connectivity index (χ0v) is 8.86. The van der Waals surface area contributed by atoms with E-state index in [2.05, 4.69) is 4.72 Å². The molecule has 3 N–H and O–H groups in total. The topological polar surface area (TPSA) is 72.2 Å². The number of nitrogens with two attached hydrogens (primary N) is 1. The van der Waals surface area contributed by atoms with Gasteiger partial charge in [-0.2, -0.15) is 0 Å². The lowest BCUT2D eigenvalue weighted by Gasteiger charge is -2.24. The van der Waals surface area contributed by atoms with Crippen molar-refractivity contribution in [2.45, 2.75) is 38.1 Å². The van der Waals surface area contributed by atoms with Crippen LogP contribution in [0.3, 0.4) is 0 Å². The van der Waals surface area contributed by atoms with E-state index in [1.54, 1.807) is 0 Å². The van der Waals surface area contributed by atoms with E-state index in [1.807, 2.05) is 6.92 Å². The third-order valence-corrected chi connectivity index (χ3v) is 4.07. The Morgan fingerprint density at radius 1 is 1.38 bits per heavy atom. The predicted molar refractivity (Wildman–Crippen MR) is 52.8 cm³/mol. The minimum atomic E-state index is -3.15. The van der Waals surface area contributed by atoms with Gasteiger partial charge in [-0.1, -0.05) is 12.8 Å². The predicted octanol–water partition coefficient (Wildman–Crippen LogP) is 0.197. The van der Waals surface area contributed by atoms with E-state index in [9.17, 15) is 8.42 Å². The highest BCUT2D eigenvalue weighted by molar-refractivity contribution is 7.89. The van der Waals surface area contributed by atoms with Gasteiger partial charge in [0, 0.05) is 12.1 Å². The average Bonchev–Trinajstić information content (AvgIpc) is 2.33. The first-order valence-electron chi connectivity index (χ1n) is 4.69. The second-order valence-electron chi connectivity index (χ2n) is 3.98. The van der Waals surface area contributed by atoms with Crippen molar-refractivity contribution in [3.63, 3.8) is 0 Å². The fourth-order valence-electron chi connectivity index (χ4n) is 1.84. The molecule has 1 rings (SSSR count). The molecule has 0 radical (unpaired) electrons. The summed E-state index contributed by atoms with van der Waals surface area (Å²) >= 11 is 0. The first-order chi connectivity index (χ1) is 5.97. The second kappa shape index (κ2) is 3.94. The van der Waals surface area contributed by atoms with Gasteiger partial charge in [0.15, 0.2) is 0 Å². The summed E-state index contributed by atoms with van der Waals surface area (Å²) in [6, 6.07) is 0. The molecular formula is C8H18N2O2S. The number of sulfonamides is 1. The van der Waals surface area contributed by atoms with Crippen LogP contribution in [-0.2, 0) is 10.0 Å². The Bertz CT molecular complexity index is 255. The Kier molecular flexibility index (Phi) is 3.32. The lowest BCUT2D eigenvalue weighted by molar-refractivity contribution is 0.427. The Morgan fingerprint density at radius 3 is 2.38 bits per heavy atom. The summed E-state index contributed by atoms with van der Waals surface area (Å²) in [6.07, 6.45) is 4.11. The van der Waals surface area contributed by atoms with Crippen molar-refractivity contribution in [1.82, 2.24) is 4.72 Å². The number of hydrogen-bond acceptors (Lipinski definition) is 3. The van der Waals surface area contributed by atoms with E-state index in [0.717, 1.165) is 25.7 Å². The van der Waals surface area contributed by atoms with Crippen LogP contribution in [0, 0.1) is 0 Å². The molecule has 0 heterocycles. The Labute approximate surface area is 79.9 Å². The van der Waals surface area contributed by atoms with E-state index < -0.39 is 10.0 Å². The van der Waals surface area contributed by atoms with Gasteiger partial charge in [-0.05, 0) is 19.8 Å². The Hall–Kier alpha value is -0.130. The summed E-state index contributed by atoms with van der Waals surface area (Å²) in [5, 5.41) is 0. The number of nitrogens with one attached hydrogen (secondary N) is 1. The van der Waals surface area contributed by atoms with Gasteiger partial charge in [-0.25, -0.2) is 13.1 Å². The largest absolute Gasteiger partial charge is 0.329 e. The van der Waals surface area contributed by atoms with Gasteiger partial charge in [0.2, 0.25) is 10.0 Å². The molecule has 0 aliphatic heterocycles. The number of rotatable bonds is 4. The van der Waals surface area contributed by atoms with Crippen molar-refractivity contribution in [2.75, 3.05) is 12.3 Å². The maximum absolute atomic E-state index is 11.4. The average molecular weight is 206 g/mol. The first-order valence-corrected chi connectivity index (χ1v) is 6.34. The lowest BCUT2D eigenvalue weighted by atomic mass is 10.0. The highest BCUT2D eigenvalue weighted by atomic mass is 32.2. The third kappa shape index (κ3) is 3.25. The monoisotopic (exact) mass is 206 g/mol. The molecule has 5 heteroatoms. The van der Waals surface area contributed by atoms with Crippen LogP contribution in [0.4, 0.5) is 0 Å². The lowest BCUT2D eigenvalue weighted by Crippen LogP contribution is -2.45. The molecule has 0 saturated heterocycles. The fraction of sp³-hybridized carbons (Fsp3) is 1.00. The molecule has 4 nitrogen and oxygen atoms in total. The number of hydrogen-bond donors (Lipinski definition) is 2. The van der Waals surface area contributed by atoms with Gasteiger partial charge < -0.3 is 5.73 Å². The van der Waals surface area contributed by atoms with E-state index in [-0.39, 0.29) is 17.8 Å². The highest BCUT2D eigenvalue weighted by Gasteiger charge is 2.32. The van der Waals surface area contributed by atoms with E-state index in [1.165, 1.54) is 0 Å². The molecule has 0 bridgehead atoms. The van der Waals surface area contributed by atoms with Gasteiger partial charge in [-0.3, -0.25) is 0 Å². The maximum atomic E-state index is 11.4. The normalized spacial score (nSPS) is 22.0. The van der Waals surface area contributed by atoms with Crippen molar-refractivity contribution >= 4 is 10.0 Å². The Morgan fingerprint density at radius 2 is 1.92 bits per heavy atom. The van der Waals surface area contributed by atoms with E-state index in [4.69, 9.17) is 5.73 Å². The molecule has 0 atom stereocenters. The molecule has 0 aromatic rings. The molecule has 78 valence electrons. The fourth-order valence-corrected chi connectivity index (χ4v) is 3.21.